The lowest BCUT2D eigenvalue weighted by Gasteiger charge is -2.25. The first-order valence-corrected chi connectivity index (χ1v) is 7.68. The van der Waals surface area contributed by atoms with E-state index in [2.05, 4.69) is 0 Å². The highest BCUT2D eigenvalue weighted by Crippen LogP contribution is 2.46. The van der Waals surface area contributed by atoms with Gasteiger partial charge in [0, 0.05) is 16.0 Å². The number of hydrogen-bond acceptors (Lipinski definition) is 1. The number of alkyl halides is 3. The second-order valence-corrected chi connectivity index (χ2v) is 6.30. The molecule has 0 bridgehead atoms. The lowest BCUT2D eigenvalue weighted by atomic mass is 9.87. The summed E-state index contributed by atoms with van der Waals surface area (Å²) in [6.07, 6.45) is -2.35. The second-order valence-electron chi connectivity index (χ2n) is 5.00. The molecule has 1 unspecified atom stereocenters. The van der Waals surface area contributed by atoms with Gasteiger partial charge in [-0.05, 0) is 42.7 Å². The third-order valence-corrected chi connectivity index (χ3v) is 4.59. The predicted molar refractivity (Wildman–Crippen MR) is 84.2 cm³/mol. The van der Waals surface area contributed by atoms with Gasteiger partial charge in [0.1, 0.15) is 0 Å². The van der Waals surface area contributed by atoms with E-state index < -0.39 is 17.7 Å². The molecule has 1 aromatic rings. The highest BCUT2D eigenvalue weighted by molar-refractivity contribution is 6.42. The number of halogens is 6. The topological polar surface area (TPSA) is 26.0 Å². The fourth-order valence-corrected chi connectivity index (χ4v) is 3.28. The number of nitrogens with two attached hydrogens (primary N) is 1. The normalized spacial score (nSPS) is 19.4. The number of allylic oxidation sites excluding steroid dienone is 4. The molecular formula is C15H13Cl3F3N. The van der Waals surface area contributed by atoms with Gasteiger partial charge in [-0.25, -0.2) is 0 Å². The van der Waals surface area contributed by atoms with Gasteiger partial charge in [-0.3, -0.25) is 0 Å². The van der Waals surface area contributed by atoms with E-state index in [0.29, 0.717) is 18.0 Å². The molecule has 0 spiro atoms. The molecule has 1 aromatic carbocycles. The summed E-state index contributed by atoms with van der Waals surface area (Å²) in [6, 6.07) is 3.98. The third-order valence-electron chi connectivity index (χ3n) is 3.45. The van der Waals surface area contributed by atoms with E-state index in [0.717, 1.165) is 11.6 Å². The monoisotopic (exact) mass is 369 g/mol. The van der Waals surface area contributed by atoms with Crippen molar-refractivity contribution in [3.05, 3.63) is 56.1 Å². The van der Waals surface area contributed by atoms with Crippen LogP contribution in [0.15, 0.2) is 39.4 Å². The van der Waals surface area contributed by atoms with Gasteiger partial charge in [-0.15, -0.1) is 0 Å². The highest BCUT2D eigenvalue weighted by Gasteiger charge is 2.37. The van der Waals surface area contributed by atoms with Crippen molar-refractivity contribution in [2.75, 3.05) is 6.54 Å². The molecule has 120 valence electrons. The largest absolute Gasteiger partial charge is 0.416 e. The Morgan fingerprint density at radius 3 is 2.45 bits per heavy atom. The van der Waals surface area contributed by atoms with Gasteiger partial charge in [0.25, 0.3) is 0 Å². The van der Waals surface area contributed by atoms with Crippen LogP contribution in [0.25, 0.3) is 0 Å². The minimum atomic E-state index is -4.48. The van der Waals surface area contributed by atoms with Gasteiger partial charge >= 0.3 is 6.18 Å². The summed E-state index contributed by atoms with van der Waals surface area (Å²) < 4.78 is 39.8. The lowest BCUT2D eigenvalue weighted by molar-refractivity contribution is -0.138. The zero-order chi connectivity index (χ0) is 16.5. The van der Waals surface area contributed by atoms with E-state index in [1.165, 1.54) is 18.2 Å². The van der Waals surface area contributed by atoms with E-state index in [9.17, 15) is 13.2 Å². The van der Waals surface area contributed by atoms with Crippen molar-refractivity contribution in [3.8, 4) is 0 Å². The van der Waals surface area contributed by atoms with E-state index in [4.69, 9.17) is 40.5 Å². The van der Waals surface area contributed by atoms with Crippen LogP contribution in [0.2, 0.25) is 0 Å². The van der Waals surface area contributed by atoms with Crippen LogP contribution in [0.5, 0.6) is 0 Å². The average Bonchev–Trinajstić information content (AvgIpc) is 2.42. The SMILES string of the molecule is NCCc1ccc(C(F)(F)F)c(C2CC(Cl)=CC(Cl)=C2Cl)c1. The summed E-state index contributed by atoms with van der Waals surface area (Å²) in [5, 5.41) is 0.707. The summed E-state index contributed by atoms with van der Waals surface area (Å²) >= 11 is 18.1. The van der Waals surface area contributed by atoms with E-state index in [-0.39, 0.29) is 22.0 Å². The molecule has 1 atom stereocenters. The summed E-state index contributed by atoms with van der Waals surface area (Å²) in [4.78, 5) is 0. The molecule has 0 saturated heterocycles. The Morgan fingerprint density at radius 2 is 1.86 bits per heavy atom. The quantitative estimate of drug-likeness (QED) is 0.746. The molecule has 22 heavy (non-hydrogen) atoms. The van der Waals surface area contributed by atoms with Gasteiger partial charge < -0.3 is 5.73 Å². The van der Waals surface area contributed by atoms with Crippen molar-refractivity contribution in [3.63, 3.8) is 0 Å². The summed E-state index contributed by atoms with van der Waals surface area (Å²) in [7, 11) is 0. The zero-order valence-electron chi connectivity index (χ0n) is 11.4. The van der Waals surface area contributed by atoms with Gasteiger partial charge in [0.05, 0.1) is 10.6 Å². The van der Waals surface area contributed by atoms with Gasteiger partial charge in [0.2, 0.25) is 0 Å². The molecule has 0 fully saturated rings. The second kappa shape index (κ2) is 6.83. The van der Waals surface area contributed by atoms with Crippen LogP contribution >= 0.6 is 34.8 Å². The lowest BCUT2D eigenvalue weighted by Crippen LogP contribution is -2.15. The maximum absolute atomic E-state index is 13.3. The van der Waals surface area contributed by atoms with Gasteiger partial charge in [-0.2, -0.15) is 13.2 Å². The van der Waals surface area contributed by atoms with Crippen LogP contribution < -0.4 is 5.73 Å². The van der Waals surface area contributed by atoms with Crippen molar-refractivity contribution < 1.29 is 13.2 Å². The van der Waals surface area contributed by atoms with Crippen LogP contribution in [0.3, 0.4) is 0 Å². The standard InChI is InChI=1S/C15H13Cl3F3N/c16-9-6-11(14(18)13(17)7-9)10-5-8(3-4-22)1-2-12(10)15(19,20)21/h1-2,5,7,11H,3-4,6,22H2. The molecule has 7 heteroatoms. The van der Waals surface area contributed by atoms with Crippen molar-refractivity contribution in [1.82, 2.24) is 0 Å². The Labute approximate surface area is 141 Å². The molecule has 2 N–H and O–H groups in total. The number of benzene rings is 1. The smallest absolute Gasteiger partial charge is 0.330 e. The summed E-state index contributed by atoms with van der Waals surface area (Å²) in [5.41, 5.74) is 5.54. The van der Waals surface area contributed by atoms with Crippen LogP contribution in [0, 0.1) is 0 Å². The zero-order valence-corrected chi connectivity index (χ0v) is 13.6. The Kier molecular flexibility index (Phi) is 5.49. The number of hydrogen-bond donors (Lipinski definition) is 1. The molecule has 2 rings (SSSR count). The molecule has 0 aliphatic heterocycles. The van der Waals surface area contributed by atoms with Gasteiger partial charge in [-0.1, -0.05) is 46.9 Å². The molecule has 1 nitrogen and oxygen atoms in total. The van der Waals surface area contributed by atoms with Crippen molar-refractivity contribution in [2.45, 2.75) is 24.9 Å². The first-order valence-electron chi connectivity index (χ1n) is 6.55. The Balaban J connectivity index is 2.57. The molecule has 0 amide bonds. The maximum Gasteiger partial charge on any atom is 0.416 e. The molecular weight excluding hydrogens is 358 g/mol. The molecule has 1 aliphatic rings. The minimum Gasteiger partial charge on any atom is -0.330 e. The first kappa shape index (κ1) is 17.7. The minimum absolute atomic E-state index is 0.0767. The Bertz CT molecular complexity index is 635. The molecule has 0 saturated carbocycles. The van der Waals surface area contributed by atoms with Gasteiger partial charge in [0.15, 0.2) is 0 Å². The van der Waals surface area contributed by atoms with E-state index in [1.54, 1.807) is 0 Å². The summed E-state index contributed by atoms with van der Waals surface area (Å²) in [6.45, 7) is 0.348. The van der Waals surface area contributed by atoms with Crippen LogP contribution in [-0.4, -0.2) is 6.54 Å². The van der Waals surface area contributed by atoms with Crippen LogP contribution in [0.4, 0.5) is 13.2 Å². The summed E-state index contributed by atoms with van der Waals surface area (Å²) in [5.74, 6) is -0.707. The van der Waals surface area contributed by atoms with Crippen molar-refractivity contribution in [1.29, 1.82) is 0 Å². The molecule has 0 aromatic heterocycles. The predicted octanol–water partition coefficient (Wildman–Crippen LogP) is 5.51. The van der Waals surface area contributed by atoms with E-state index in [1.807, 2.05) is 0 Å². The average molecular weight is 371 g/mol. The van der Waals surface area contributed by atoms with E-state index >= 15 is 0 Å². The van der Waals surface area contributed by atoms with Crippen LogP contribution in [0.1, 0.15) is 29.0 Å². The van der Waals surface area contributed by atoms with Crippen molar-refractivity contribution >= 4 is 34.8 Å². The fourth-order valence-electron chi connectivity index (χ4n) is 2.44. The maximum atomic E-state index is 13.3. The number of rotatable bonds is 3. The molecule has 1 aliphatic carbocycles. The molecule has 0 heterocycles. The highest BCUT2D eigenvalue weighted by atomic mass is 35.5. The fraction of sp³-hybridized carbons (Fsp3) is 0.333. The third kappa shape index (κ3) is 3.80. The van der Waals surface area contributed by atoms with Crippen LogP contribution in [-0.2, 0) is 12.6 Å². The first-order chi connectivity index (χ1) is 10.2. The Morgan fingerprint density at radius 1 is 1.18 bits per heavy atom. The van der Waals surface area contributed by atoms with Crippen molar-refractivity contribution in [2.24, 2.45) is 5.73 Å². The Hall–Kier alpha value is -0.680. The molecule has 0 radical (unpaired) electrons.